The van der Waals surface area contributed by atoms with Gasteiger partial charge in [0.2, 0.25) is 5.91 Å². The summed E-state index contributed by atoms with van der Waals surface area (Å²) >= 11 is 0. The Labute approximate surface area is 241 Å². The lowest BCUT2D eigenvalue weighted by Crippen LogP contribution is -2.60. The Kier molecular flexibility index (Phi) is 9.98. The standard InChI is InChI=1S/C28H36F3N5O.2ClH/c1-19-14-35(23(13-32-19)16-34-10-9-22(29)15-34)17-25(37)36-18-27(2,3)26-24(36)11-21(12-33-26)28(30,31)20-7-5-4-6-8-20;;/h4-8,11-12,19,22-23,32H,9-10,13-18H2,1-3H3;2*1H/t19-,22-,23-;;/m1../s1. The van der Waals surface area contributed by atoms with Gasteiger partial charge in [-0.3, -0.25) is 19.6 Å². The molecule has 2 saturated heterocycles. The van der Waals surface area contributed by atoms with Gasteiger partial charge in [-0.15, -0.1) is 24.8 Å². The summed E-state index contributed by atoms with van der Waals surface area (Å²) in [5, 5.41) is 3.48. The zero-order valence-corrected chi connectivity index (χ0v) is 24.2. The summed E-state index contributed by atoms with van der Waals surface area (Å²) in [6.45, 7) is 9.89. The fourth-order valence-corrected chi connectivity index (χ4v) is 5.86. The number of carbonyl (C=O) groups excluding carboxylic acids is 1. The van der Waals surface area contributed by atoms with E-state index in [0.717, 1.165) is 13.1 Å². The van der Waals surface area contributed by atoms with Crippen molar-refractivity contribution in [1.82, 2.24) is 20.1 Å². The Hall–Kier alpha value is -1.91. The quantitative estimate of drug-likeness (QED) is 0.543. The first kappa shape index (κ1) is 31.6. The number of piperazine rings is 1. The Morgan fingerprint density at radius 1 is 1.15 bits per heavy atom. The molecule has 2 aromatic rings. The lowest BCUT2D eigenvalue weighted by Gasteiger charge is -2.41. The van der Waals surface area contributed by atoms with Crippen LogP contribution in [0.2, 0.25) is 0 Å². The van der Waals surface area contributed by atoms with Crippen molar-refractivity contribution >= 4 is 36.4 Å². The number of halogens is 5. The highest BCUT2D eigenvalue weighted by molar-refractivity contribution is 5.97. The first-order valence-corrected chi connectivity index (χ1v) is 13.1. The molecular formula is C28H38Cl2F3N5O. The van der Waals surface area contributed by atoms with Gasteiger partial charge in [0.05, 0.1) is 17.9 Å². The lowest BCUT2D eigenvalue weighted by atomic mass is 9.90. The zero-order valence-electron chi connectivity index (χ0n) is 22.6. The van der Waals surface area contributed by atoms with Crippen molar-refractivity contribution < 1.29 is 18.0 Å². The Bertz CT molecular complexity index is 1140. The summed E-state index contributed by atoms with van der Waals surface area (Å²) in [4.78, 5) is 24.1. The number of fused-ring (bicyclic) bond motifs is 1. The van der Waals surface area contributed by atoms with Crippen LogP contribution in [0.25, 0.3) is 0 Å². The first-order chi connectivity index (χ1) is 17.5. The maximum absolute atomic E-state index is 15.4. The summed E-state index contributed by atoms with van der Waals surface area (Å²) in [5.74, 6) is -3.36. The van der Waals surface area contributed by atoms with Crippen LogP contribution < -0.4 is 10.2 Å². The van der Waals surface area contributed by atoms with Crippen LogP contribution >= 0.6 is 24.8 Å². The number of alkyl halides is 3. The van der Waals surface area contributed by atoms with E-state index < -0.39 is 17.5 Å². The molecule has 11 heteroatoms. The van der Waals surface area contributed by atoms with E-state index in [4.69, 9.17) is 0 Å². The average Bonchev–Trinajstić information content (AvgIpc) is 3.40. The second kappa shape index (κ2) is 12.3. The van der Waals surface area contributed by atoms with E-state index in [2.05, 4.69) is 27.0 Å². The summed E-state index contributed by atoms with van der Waals surface area (Å²) in [6, 6.07) is 9.41. The number of pyridine rings is 1. The van der Waals surface area contributed by atoms with Gasteiger partial charge in [0, 0.05) is 74.1 Å². The van der Waals surface area contributed by atoms with Gasteiger partial charge < -0.3 is 10.2 Å². The minimum Gasteiger partial charge on any atom is -0.311 e. The molecule has 1 aromatic heterocycles. The van der Waals surface area contributed by atoms with E-state index in [-0.39, 0.29) is 60.5 Å². The predicted molar refractivity (Wildman–Crippen MR) is 152 cm³/mol. The molecule has 3 aliphatic rings. The van der Waals surface area contributed by atoms with E-state index in [1.54, 1.807) is 23.1 Å². The summed E-state index contributed by atoms with van der Waals surface area (Å²) in [6.07, 6.45) is 1.01. The number of benzene rings is 1. The van der Waals surface area contributed by atoms with Gasteiger partial charge in [-0.25, -0.2) is 4.39 Å². The van der Waals surface area contributed by atoms with Crippen molar-refractivity contribution in [1.29, 1.82) is 0 Å². The number of hydrogen-bond acceptors (Lipinski definition) is 5. The maximum atomic E-state index is 15.4. The number of anilines is 1. The Morgan fingerprint density at radius 3 is 2.54 bits per heavy atom. The lowest BCUT2D eigenvalue weighted by molar-refractivity contribution is -0.120. The smallest absolute Gasteiger partial charge is 0.300 e. The molecule has 39 heavy (non-hydrogen) atoms. The molecule has 2 fully saturated rings. The van der Waals surface area contributed by atoms with E-state index >= 15 is 8.78 Å². The predicted octanol–water partition coefficient (Wildman–Crippen LogP) is 4.40. The van der Waals surface area contributed by atoms with Crippen molar-refractivity contribution in [3.8, 4) is 0 Å². The molecule has 1 N–H and O–H groups in total. The molecule has 6 nitrogen and oxygen atoms in total. The number of amides is 1. The third-order valence-electron chi connectivity index (χ3n) is 7.90. The molecule has 4 heterocycles. The van der Waals surface area contributed by atoms with Gasteiger partial charge in [-0.2, -0.15) is 8.78 Å². The number of rotatable bonds is 6. The molecular weight excluding hydrogens is 550 g/mol. The SMILES string of the molecule is C[C@@H]1CN(CC(=O)N2CC(C)(C)c3ncc(C(F)(F)c4ccccc4)cc32)[C@@H](CN2CC[C@@H](F)C2)CN1.Cl.Cl. The van der Waals surface area contributed by atoms with Gasteiger partial charge in [0.1, 0.15) is 6.17 Å². The van der Waals surface area contributed by atoms with Crippen molar-refractivity contribution in [2.24, 2.45) is 0 Å². The molecule has 216 valence electrons. The highest BCUT2D eigenvalue weighted by Gasteiger charge is 2.43. The topological polar surface area (TPSA) is 51.7 Å². The fourth-order valence-electron chi connectivity index (χ4n) is 5.86. The van der Waals surface area contributed by atoms with E-state index in [1.807, 2.05) is 13.8 Å². The van der Waals surface area contributed by atoms with Gasteiger partial charge in [-0.1, -0.05) is 44.2 Å². The molecule has 1 amide bonds. The van der Waals surface area contributed by atoms with Crippen LogP contribution in [0.1, 0.15) is 44.0 Å². The number of likely N-dealkylation sites (tertiary alicyclic amines) is 1. The van der Waals surface area contributed by atoms with Crippen LogP contribution in [0.15, 0.2) is 42.6 Å². The zero-order chi connectivity index (χ0) is 26.4. The van der Waals surface area contributed by atoms with Crippen molar-refractivity contribution in [2.45, 2.75) is 56.8 Å². The van der Waals surface area contributed by atoms with Crippen molar-refractivity contribution in [3.05, 3.63) is 59.4 Å². The Balaban J connectivity index is 0.00000210. The third kappa shape index (κ3) is 6.54. The first-order valence-electron chi connectivity index (χ1n) is 13.1. The maximum Gasteiger partial charge on any atom is 0.300 e. The molecule has 0 unspecified atom stereocenters. The molecule has 0 spiro atoms. The molecule has 3 atom stereocenters. The van der Waals surface area contributed by atoms with E-state index in [0.29, 0.717) is 44.0 Å². The number of nitrogens with one attached hydrogen (secondary N) is 1. The van der Waals surface area contributed by atoms with Crippen LogP contribution in [-0.4, -0.2) is 84.8 Å². The summed E-state index contributed by atoms with van der Waals surface area (Å²) < 4.78 is 44.5. The van der Waals surface area contributed by atoms with Crippen molar-refractivity contribution in [3.63, 3.8) is 0 Å². The van der Waals surface area contributed by atoms with E-state index in [1.165, 1.54) is 24.4 Å². The Morgan fingerprint density at radius 2 is 1.87 bits per heavy atom. The van der Waals surface area contributed by atoms with Crippen LogP contribution in [0.5, 0.6) is 0 Å². The fraction of sp³-hybridized carbons (Fsp3) is 0.571. The third-order valence-corrected chi connectivity index (χ3v) is 7.90. The van der Waals surface area contributed by atoms with Crippen LogP contribution in [0, 0.1) is 0 Å². The number of hydrogen-bond donors (Lipinski definition) is 1. The molecule has 5 rings (SSSR count). The minimum atomic E-state index is -3.23. The number of carbonyl (C=O) groups is 1. The van der Waals surface area contributed by atoms with Gasteiger partial charge in [-0.05, 0) is 19.4 Å². The van der Waals surface area contributed by atoms with E-state index in [9.17, 15) is 9.18 Å². The average molecular weight is 589 g/mol. The molecule has 0 radical (unpaired) electrons. The largest absolute Gasteiger partial charge is 0.311 e. The molecule has 0 bridgehead atoms. The van der Waals surface area contributed by atoms with Gasteiger partial charge in [0.25, 0.3) is 5.92 Å². The van der Waals surface area contributed by atoms with Crippen LogP contribution in [0.4, 0.5) is 18.9 Å². The van der Waals surface area contributed by atoms with Crippen LogP contribution in [-0.2, 0) is 16.1 Å². The number of nitrogens with zero attached hydrogens (tertiary/aromatic N) is 4. The van der Waals surface area contributed by atoms with Crippen molar-refractivity contribution in [2.75, 3.05) is 50.7 Å². The molecule has 3 aliphatic heterocycles. The molecule has 0 aliphatic carbocycles. The highest BCUT2D eigenvalue weighted by atomic mass is 35.5. The second-order valence-corrected chi connectivity index (χ2v) is 11.4. The number of aromatic nitrogens is 1. The normalized spacial score (nSPS) is 25.1. The monoisotopic (exact) mass is 587 g/mol. The van der Waals surface area contributed by atoms with Gasteiger partial charge >= 0.3 is 0 Å². The molecule has 1 aromatic carbocycles. The summed E-state index contributed by atoms with van der Waals surface area (Å²) in [5.41, 5.74) is 0.332. The molecule has 0 saturated carbocycles. The second-order valence-electron chi connectivity index (χ2n) is 11.4. The van der Waals surface area contributed by atoms with Crippen LogP contribution in [0.3, 0.4) is 0 Å². The van der Waals surface area contributed by atoms with Gasteiger partial charge in [0.15, 0.2) is 0 Å². The highest BCUT2D eigenvalue weighted by Crippen LogP contribution is 2.43. The summed E-state index contributed by atoms with van der Waals surface area (Å²) in [7, 11) is 0. The minimum absolute atomic E-state index is 0.